The Morgan fingerprint density at radius 2 is 2.19 bits per heavy atom. The SMILES string of the molecule is CC(Oc1ccccc1C#N)C(=O)N1CCOCC1(C)C. The van der Waals surface area contributed by atoms with E-state index >= 15 is 0 Å². The van der Waals surface area contributed by atoms with Crippen molar-refractivity contribution in [3.8, 4) is 11.8 Å². The van der Waals surface area contributed by atoms with Gasteiger partial charge in [0.05, 0.1) is 24.3 Å². The summed E-state index contributed by atoms with van der Waals surface area (Å²) >= 11 is 0. The molecule has 1 aliphatic rings. The quantitative estimate of drug-likeness (QED) is 0.853. The molecule has 0 N–H and O–H groups in total. The number of carbonyl (C=O) groups is 1. The molecule has 0 bridgehead atoms. The lowest BCUT2D eigenvalue weighted by Crippen LogP contribution is -2.58. The normalized spacial score (nSPS) is 18.7. The van der Waals surface area contributed by atoms with Crippen molar-refractivity contribution >= 4 is 5.91 Å². The van der Waals surface area contributed by atoms with E-state index in [0.29, 0.717) is 31.1 Å². The molecule has 1 aromatic carbocycles. The predicted molar refractivity (Wildman–Crippen MR) is 77.9 cm³/mol. The molecule has 0 saturated carbocycles. The van der Waals surface area contributed by atoms with Crippen LogP contribution in [0.25, 0.3) is 0 Å². The van der Waals surface area contributed by atoms with E-state index in [4.69, 9.17) is 14.7 Å². The molecule has 1 saturated heterocycles. The third-order valence-electron chi connectivity index (χ3n) is 3.57. The summed E-state index contributed by atoms with van der Waals surface area (Å²) in [6.45, 7) is 7.26. The summed E-state index contributed by atoms with van der Waals surface area (Å²) < 4.78 is 11.1. The first-order valence-corrected chi connectivity index (χ1v) is 7.01. The summed E-state index contributed by atoms with van der Waals surface area (Å²) in [6.07, 6.45) is -0.642. The van der Waals surface area contributed by atoms with Crippen molar-refractivity contribution in [2.45, 2.75) is 32.4 Å². The zero-order chi connectivity index (χ0) is 15.5. The largest absolute Gasteiger partial charge is 0.480 e. The molecule has 5 nitrogen and oxygen atoms in total. The second-order valence-electron chi connectivity index (χ2n) is 5.72. The maximum atomic E-state index is 12.6. The highest BCUT2D eigenvalue weighted by Crippen LogP contribution is 2.23. The number of para-hydroxylation sites is 1. The van der Waals surface area contributed by atoms with Gasteiger partial charge in [-0.2, -0.15) is 5.26 Å². The van der Waals surface area contributed by atoms with Crippen molar-refractivity contribution in [1.29, 1.82) is 5.26 Å². The number of morpholine rings is 1. The van der Waals surface area contributed by atoms with Gasteiger partial charge in [-0.15, -0.1) is 0 Å². The Balaban J connectivity index is 2.11. The van der Waals surface area contributed by atoms with Crippen LogP contribution >= 0.6 is 0 Å². The Hall–Kier alpha value is -2.06. The topological polar surface area (TPSA) is 62.6 Å². The first kappa shape index (κ1) is 15.3. The number of hydrogen-bond donors (Lipinski definition) is 0. The zero-order valence-electron chi connectivity index (χ0n) is 12.6. The van der Waals surface area contributed by atoms with Gasteiger partial charge >= 0.3 is 0 Å². The van der Waals surface area contributed by atoms with Gasteiger partial charge in [-0.3, -0.25) is 4.79 Å². The van der Waals surface area contributed by atoms with E-state index in [1.807, 2.05) is 13.8 Å². The summed E-state index contributed by atoms with van der Waals surface area (Å²) in [7, 11) is 0. The summed E-state index contributed by atoms with van der Waals surface area (Å²) in [4.78, 5) is 14.4. The Morgan fingerprint density at radius 1 is 1.48 bits per heavy atom. The van der Waals surface area contributed by atoms with Crippen molar-refractivity contribution in [2.24, 2.45) is 0 Å². The average molecular weight is 288 g/mol. The molecule has 1 unspecified atom stereocenters. The van der Waals surface area contributed by atoms with Gasteiger partial charge in [0.2, 0.25) is 0 Å². The van der Waals surface area contributed by atoms with Gasteiger partial charge in [0.15, 0.2) is 6.10 Å². The predicted octanol–water partition coefficient (Wildman–Crippen LogP) is 1.96. The van der Waals surface area contributed by atoms with E-state index in [1.54, 1.807) is 36.1 Å². The van der Waals surface area contributed by atoms with Crippen LogP contribution in [0.1, 0.15) is 26.3 Å². The fraction of sp³-hybridized carbons (Fsp3) is 0.500. The van der Waals surface area contributed by atoms with Crippen LogP contribution in [-0.4, -0.2) is 42.2 Å². The molecule has 1 atom stereocenters. The molecule has 0 radical (unpaired) electrons. The second-order valence-corrected chi connectivity index (χ2v) is 5.72. The van der Waals surface area contributed by atoms with E-state index in [2.05, 4.69) is 6.07 Å². The van der Waals surface area contributed by atoms with Crippen LogP contribution in [0.5, 0.6) is 5.75 Å². The van der Waals surface area contributed by atoms with Gasteiger partial charge in [-0.1, -0.05) is 12.1 Å². The summed E-state index contributed by atoms with van der Waals surface area (Å²) in [5.41, 5.74) is 0.0835. The maximum absolute atomic E-state index is 12.6. The van der Waals surface area contributed by atoms with Crippen molar-refractivity contribution in [2.75, 3.05) is 19.8 Å². The molecule has 0 aliphatic carbocycles. The van der Waals surface area contributed by atoms with Crippen LogP contribution in [0.4, 0.5) is 0 Å². The monoisotopic (exact) mass is 288 g/mol. The van der Waals surface area contributed by atoms with Crippen molar-refractivity contribution in [3.63, 3.8) is 0 Å². The third kappa shape index (κ3) is 3.34. The van der Waals surface area contributed by atoms with E-state index in [1.165, 1.54) is 0 Å². The number of carbonyl (C=O) groups excluding carboxylic acids is 1. The fourth-order valence-electron chi connectivity index (χ4n) is 2.39. The second kappa shape index (κ2) is 6.15. The lowest BCUT2D eigenvalue weighted by Gasteiger charge is -2.43. The van der Waals surface area contributed by atoms with Gasteiger partial charge < -0.3 is 14.4 Å². The molecular weight excluding hydrogens is 268 g/mol. The third-order valence-corrected chi connectivity index (χ3v) is 3.57. The summed E-state index contributed by atoms with van der Waals surface area (Å²) in [5, 5.41) is 9.06. The van der Waals surface area contributed by atoms with Crippen LogP contribution in [0.3, 0.4) is 0 Å². The van der Waals surface area contributed by atoms with Gasteiger partial charge in [0.1, 0.15) is 11.8 Å². The first-order chi connectivity index (χ1) is 9.95. The average Bonchev–Trinajstić information content (AvgIpc) is 2.46. The Bertz CT molecular complexity index is 563. The first-order valence-electron chi connectivity index (χ1n) is 7.01. The highest BCUT2D eigenvalue weighted by atomic mass is 16.5. The molecule has 1 fully saturated rings. The van der Waals surface area contributed by atoms with Gasteiger partial charge in [0.25, 0.3) is 5.91 Å². The lowest BCUT2D eigenvalue weighted by molar-refractivity contribution is -0.153. The number of nitriles is 1. The molecule has 5 heteroatoms. The molecule has 1 aromatic rings. The van der Waals surface area contributed by atoms with Crippen LogP contribution in [0.2, 0.25) is 0 Å². The van der Waals surface area contributed by atoms with E-state index < -0.39 is 6.10 Å². The standard InChI is InChI=1S/C16H20N2O3/c1-12(21-14-7-5-4-6-13(14)10-17)15(19)18-8-9-20-11-16(18,2)3/h4-7,12H,8-9,11H2,1-3H3. The molecule has 1 heterocycles. The Labute approximate surface area is 125 Å². The number of nitrogens with zero attached hydrogens (tertiary/aromatic N) is 2. The van der Waals surface area contributed by atoms with Crippen molar-refractivity contribution in [1.82, 2.24) is 4.90 Å². The summed E-state index contributed by atoms with van der Waals surface area (Å²) in [6, 6.07) is 8.99. The molecule has 112 valence electrons. The number of amides is 1. The number of rotatable bonds is 3. The minimum atomic E-state index is -0.642. The minimum Gasteiger partial charge on any atom is -0.480 e. The number of benzene rings is 1. The number of hydrogen-bond acceptors (Lipinski definition) is 4. The van der Waals surface area contributed by atoms with Gasteiger partial charge in [0, 0.05) is 6.54 Å². The van der Waals surface area contributed by atoms with Crippen LogP contribution in [-0.2, 0) is 9.53 Å². The molecular formula is C16H20N2O3. The van der Waals surface area contributed by atoms with Crippen molar-refractivity contribution in [3.05, 3.63) is 29.8 Å². The molecule has 21 heavy (non-hydrogen) atoms. The smallest absolute Gasteiger partial charge is 0.263 e. The fourth-order valence-corrected chi connectivity index (χ4v) is 2.39. The highest BCUT2D eigenvalue weighted by molar-refractivity contribution is 5.81. The molecule has 0 aromatic heterocycles. The van der Waals surface area contributed by atoms with Gasteiger partial charge in [-0.25, -0.2) is 0 Å². The van der Waals surface area contributed by atoms with Gasteiger partial charge in [-0.05, 0) is 32.9 Å². The van der Waals surface area contributed by atoms with E-state index in [0.717, 1.165) is 0 Å². The molecule has 1 amide bonds. The number of ether oxygens (including phenoxy) is 2. The maximum Gasteiger partial charge on any atom is 0.263 e. The molecule has 2 rings (SSSR count). The minimum absolute atomic E-state index is 0.0870. The Morgan fingerprint density at radius 3 is 2.86 bits per heavy atom. The molecule has 1 aliphatic heterocycles. The van der Waals surface area contributed by atoms with E-state index in [-0.39, 0.29) is 11.4 Å². The lowest BCUT2D eigenvalue weighted by atomic mass is 10.0. The summed E-state index contributed by atoms with van der Waals surface area (Å²) in [5.74, 6) is 0.350. The van der Waals surface area contributed by atoms with Crippen LogP contribution in [0.15, 0.2) is 24.3 Å². The Kier molecular flexibility index (Phi) is 4.49. The zero-order valence-corrected chi connectivity index (χ0v) is 12.6. The van der Waals surface area contributed by atoms with Crippen molar-refractivity contribution < 1.29 is 14.3 Å². The molecule has 0 spiro atoms. The van der Waals surface area contributed by atoms with Crippen LogP contribution in [0, 0.1) is 11.3 Å². The van der Waals surface area contributed by atoms with Crippen LogP contribution < -0.4 is 4.74 Å². The highest BCUT2D eigenvalue weighted by Gasteiger charge is 2.36. The van der Waals surface area contributed by atoms with E-state index in [9.17, 15) is 4.79 Å².